The predicted molar refractivity (Wildman–Crippen MR) is 127 cm³/mol. The third-order valence-corrected chi connectivity index (χ3v) is 5.65. The molecule has 0 fully saturated rings. The van der Waals surface area contributed by atoms with Crippen molar-refractivity contribution in [3.63, 3.8) is 0 Å². The smallest absolute Gasteiger partial charge is 0.344 e. The van der Waals surface area contributed by atoms with Crippen LogP contribution < -0.4 is 4.74 Å². The molecule has 0 saturated heterocycles. The maximum absolute atomic E-state index is 12.4. The van der Waals surface area contributed by atoms with Gasteiger partial charge in [-0.3, -0.25) is 4.79 Å². The average molecular weight is 463 g/mol. The quantitative estimate of drug-likeness (QED) is 0.581. The number of thioether (sulfide) groups is 1. The van der Waals surface area contributed by atoms with E-state index in [0.717, 1.165) is 17.3 Å². The predicted octanol–water partition coefficient (Wildman–Crippen LogP) is 4.94. The lowest BCUT2D eigenvalue weighted by Gasteiger charge is -2.11. The number of carbonyl (C=O) groups is 2. The monoisotopic (exact) mass is 462 g/mol. The van der Waals surface area contributed by atoms with Crippen molar-refractivity contribution in [2.45, 2.75) is 26.9 Å². The Balaban J connectivity index is 1.94. The van der Waals surface area contributed by atoms with E-state index >= 15 is 0 Å². The third-order valence-electron chi connectivity index (χ3n) is 4.63. The molecule has 1 N–H and O–H groups in total. The zero-order valence-corrected chi connectivity index (χ0v) is 19.0. The highest BCUT2D eigenvalue weighted by molar-refractivity contribution is 8.18. The summed E-state index contributed by atoms with van der Waals surface area (Å²) in [5, 5.41) is 20.1. The second kappa shape index (κ2) is 11.2. The summed E-state index contributed by atoms with van der Waals surface area (Å²) >= 11 is 1.02. The van der Waals surface area contributed by atoms with Crippen LogP contribution in [0.2, 0.25) is 0 Å². The molecule has 0 atom stereocenters. The maximum Gasteiger partial charge on any atom is 0.344 e. The zero-order chi connectivity index (χ0) is 23.8. The second-order valence-corrected chi connectivity index (χ2v) is 7.85. The van der Waals surface area contributed by atoms with Crippen molar-refractivity contribution in [2.75, 3.05) is 6.61 Å². The van der Waals surface area contributed by atoms with E-state index in [-0.39, 0.29) is 36.0 Å². The van der Waals surface area contributed by atoms with Crippen molar-refractivity contribution >= 4 is 34.8 Å². The molecule has 1 amide bonds. The number of nitrogens with zero attached hydrogens (tertiary/aromatic N) is 2. The number of hydrogen-bond donors (Lipinski definition) is 1. The van der Waals surface area contributed by atoms with Crippen molar-refractivity contribution in [2.24, 2.45) is 4.99 Å². The fraction of sp³-hybridized carbons (Fsp3) is 0.200. The van der Waals surface area contributed by atoms with Crippen molar-refractivity contribution in [3.8, 4) is 11.8 Å². The minimum Gasteiger partial charge on any atom is -0.506 e. The Morgan fingerprint density at radius 1 is 1.15 bits per heavy atom. The fourth-order valence-electron chi connectivity index (χ4n) is 2.97. The van der Waals surface area contributed by atoms with Crippen LogP contribution in [0.1, 0.15) is 37.0 Å². The summed E-state index contributed by atoms with van der Waals surface area (Å²) in [5.41, 5.74) is 1.79. The summed E-state index contributed by atoms with van der Waals surface area (Å²) in [6.45, 7) is 3.62. The number of benzene rings is 2. The van der Waals surface area contributed by atoms with Gasteiger partial charge in [-0.25, -0.2) is 9.79 Å². The van der Waals surface area contributed by atoms with Gasteiger partial charge < -0.3 is 14.6 Å². The molecule has 168 valence electrons. The van der Waals surface area contributed by atoms with Gasteiger partial charge >= 0.3 is 5.97 Å². The largest absolute Gasteiger partial charge is 0.506 e. The van der Waals surface area contributed by atoms with Crippen LogP contribution in [0.5, 0.6) is 5.75 Å². The number of nitriles is 1. The molecule has 0 saturated carbocycles. The van der Waals surface area contributed by atoms with E-state index in [2.05, 4.69) is 11.1 Å². The van der Waals surface area contributed by atoms with E-state index in [4.69, 9.17) is 9.47 Å². The number of para-hydroxylation sites is 1. The minimum absolute atomic E-state index is 0.102. The normalized spacial score (nSPS) is 15.5. The summed E-state index contributed by atoms with van der Waals surface area (Å²) in [6, 6.07) is 16.5. The van der Waals surface area contributed by atoms with Crippen LogP contribution in [-0.4, -0.2) is 28.6 Å². The van der Waals surface area contributed by atoms with Gasteiger partial charge in [0.1, 0.15) is 28.7 Å². The first kappa shape index (κ1) is 23.8. The molecule has 33 heavy (non-hydrogen) atoms. The number of aliphatic hydroxyl groups excluding tert-OH is 1. The number of rotatable bonds is 7. The van der Waals surface area contributed by atoms with E-state index in [1.54, 1.807) is 44.2 Å². The van der Waals surface area contributed by atoms with E-state index < -0.39 is 11.9 Å². The highest BCUT2D eigenvalue weighted by Crippen LogP contribution is 2.40. The van der Waals surface area contributed by atoms with Gasteiger partial charge in [0, 0.05) is 17.5 Å². The number of amides is 1. The van der Waals surface area contributed by atoms with Crippen LogP contribution in [0.3, 0.4) is 0 Å². The topological polar surface area (TPSA) is 109 Å². The molecule has 8 heteroatoms. The van der Waals surface area contributed by atoms with Gasteiger partial charge in [-0.15, -0.1) is 0 Å². The van der Waals surface area contributed by atoms with Gasteiger partial charge in [0.2, 0.25) is 5.91 Å². The zero-order valence-electron chi connectivity index (χ0n) is 18.2. The molecule has 0 bridgehead atoms. The molecule has 0 aliphatic carbocycles. The first-order chi connectivity index (χ1) is 16.0. The Bertz CT molecular complexity index is 1210. The van der Waals surface area contributed by atoms with Crippen molar-refractivity contribution in [3.05, 3.63) is 81.5 Å². The van der Waals surface area contributed by atoms with Gasteiger partial charge in [0.25, 0.3) is 0 Å². The van der Waals surface area contributed by atoms with Crippen LogP contribution in [0.15, 0.2) is 69.8 Å². The van der Waals surface area contributed by atoms with Gasteiger partial charge in [0.05, 0.1) is 23.1 Å². The molecule has 0 spiro atoms. The molecule has 2 aromatic carbocycles. The van der Waals surface area contributed by atoms with Gasteiger partial charge in [0.15, 0.2) is 0 Å². The molecule has 3 rings (SSSR count). The number of esters is 1. The van der Waals surface area contributed by atoms with E-state index in [1.165, 1.54) is 0 Å². The molecule has 0 aromatic heterocycles. The van der Waals surface area contributed by atoms with Crippen LogP contribution in [-0.2, 0) is 20.9 Å². The summed E-state index contributed by atoms with van der Waals surface area (Å²) in [5.74, 6) is -0.927. The maximum atomic E-state index is 12.4. The van der Waals surface area contributed by atoms with Crippen LogP contribution >= 0.6 is 11.8 Å². The van der Waals surface area contributed by atoms with Gasteiger partial charge in [-0.05, 0) is 25.1 Å². The lowest BCUT2D eigenvalue weighted by Crippen LogP contribution is -2.14. The second-order valence-electron chi connectivity index (χ2n) is 6.81. The molecule has 1 heterocycles. The Kier molecular flexibility index (Phi) is 8.06. The third kappa shape index (κ3) is 5.70. The molecule has 0 radical (unpaired) electrons. The van der Waals surface area contributed by atoms with E-state index in [0.29, 0.717) is 21.8 Å². The van der Waals surface area contributed by atoms with E-state index in [9.17, 15) is 20.0 Å². The van der Waals surface area contributed by atoms with E-state index in [1.807, 2.05) is 24.3 Å². The van der Waals surface area contributed by atoms with Crippen LogP contribution in [0, 0.1) is 11.3 Å². The Morgan fingerprint density at radius 2 is 1.88 bits per heavy atom. The van der Waals surface area contributed by atoms with Crippen LogP contribution in [0.25, 0.3) is 6.08 Å². The standard InChI is InChI=1S/C25H22N2O5S/c1-3-21(28)27-24-22(25(30)31-4-2)23(29)20(33-24)13-16-9-7-8-12-19(16)32-15-18-11-6-5-10-17(18)14-26/h5-13,29H,3-4,15H2,1-2H3/b20-13-,27-24?. The Hall–Kier alpha value is -3.83. The SMILES string of the molecule is CCOC(=O)C1=C(O)/C(=C/c2ccccc2OCc2ccccc2C#N)SC1=NC(=O)CC. The summed E-state index contributed by atoms with van der Waals surface area (Å²) in [6.07, 6.45) is 1.82. The first-order valence-electron chi connectivity index (χ1n) is 10.3. The van der Waals surface area contributed by atoms with Crippen molar-refractivity contribution in [1.29, 1.82) is 5.26 Å². The molecular formula is C25H22N2O5S. The molecule has 1 aliphatic rings. The molecule has 1 aliphatic heterocycles. The lowest BCUT2D eigenvalue weighted by atomic mass is 10.1. The Labute approximate surface area is 196 Å². The fourth-order valence-corrected chi connectivity index (χ4v) is 3.99. The van der Waals surface area contributed by atoms with Crippen molar-refractivity contribution in [1.82, 2.24) is 0 Å². The number of ether oxygens (including phenoxy) is 2. The molecular weight excluding hydrogens is 440 g/mol. The van der Waals surface area contributed by atoms with Gasteiger partial charge in [-0.2, -0.15) is 5.26 Å². The highest BCUT2D eigenvalue weighted by atomic mass is 32.2. The number of carbonyl (C=O) groups excluding carboxylic acids is 2. The molecule has 7 nitrogen and oxygen atoms in total. The lowest BCUT2D eigenvalue weighted by molar-refractivity contribution is -0.138. The molecule has 0 unspecified atom stereocenters. The Morgan fingerprint density at radius 3 is 2.61 bits per heavy atom. The number of hydrogen-bond acceptors (Lipinski definition) is 7. The minimum atomic E-state index is -0.744. The first-order valence-corrected chi connectivity index (χ1v) is 11.1. The van der Waals surface area contributed by atoms with Crippen LogP contribution in [0.4, 0.5) is 0 Å². The number of aliphatic imine (C=N–C) groups is 1. The van der Waals surface area contributed by atoms with Crippen molar-refractivity contribution < 1.29 is 24.2 Å². The van der Waals surface area contributed by atoms with Gasteiger partial charge in [-0.1, -0.05) is 55.1 Å². The molecule has 2 aromatic rings. The highest BCUT2D eigenvalue weighted by Gasteiger charge is 2.33. The number of aliphatic hydroxyl groups is 1. The summed E-state index contributed by atoms with van der Waals surface area (Å²) in [7, 11) is 0. The average Bonchev–Trinajstić information content (AvgIpc) is 3.13. The summed E-state index contributed by atoms with van der Waals surface area (Å²) in [4.78, 5) is 28.6. The summed E-state index contributed by atoms with van der Waals surface area (Å²) < 4.78 is 11.0.